The first-order valence-electron chi connectivity index (χ1n) is 13.6. The maximum atomic E-state index is 13.5. The zero-order chi connectivity index (χ0) is 32.7. The zero-order valence-electron chi connectivity index (χ0n) is 23.2. The van der Waals surface area contributed by atoms with E-state index in [-0.39, 0.29) is 22.3 Å². The van der Waals surface area contributed by atoms with Crippen molar-refractivity contribution in [3.8, 4) is 40.1 Å². The summed E-state index contributed by atoms with van der Waals surface area (Å²) in [6.45, 7) is -1.99. The lowest BCUT2D eigenvalue weighted by Crippen LogP contribution is -2.62. The number of phenols is 4. The van der Waals surface area contributed by atoms with Crippen LogP contribution in [-0.4, -0.2) is 137 Å². The topological polar surface area (TPSA) is 290 Å². The second kappa shape index (κ2) is 12.9. The van der Waals surface area contributed by atoms with Crippen LogP contribution in [0.3, 0.4) is 0 Å². The van der Waals surface area contributed by atoms with Gasteiger partial charge in [-0.25, -0.2) is 0 Å². The molecule has 2 aliphatic heterocycles. The Morgan fingerprint density at radius 3 is 2.00 bits per heavy atom. The van der Waals surface area contributed by atoms with Gasteiger partial charge < -0.3 is 79.5 Å². The lowest BCUT2D eigenvalue weighted by atomic mass is 9.95. The number of ether oxygens (including phenoxy) is 4. The number of rotatable bonds is 8. The van der Waals surface area contributed by atoms with Gasteiger partial charge in [0.2, 0.25) is 11.2 Å². The fourth-order valence-corrected chi connectivity index (χ4v) is 5.12. The van der Waals surface area contributed by atoms with Crippen LogP contribution in [0.5, 0.6) is 28.7 Å². The van der Waals surface area contributed by atoms with Crippen LogP contribution in [0.15, 0.2) is 39.5 Å². The normalized spacial score (nSPS) is 32.1. The average molecular weight is 641 g/mol. The van der Waals surface area contributed by atoms with Gasteiger partial charge in [0.15, 0.2) is 23.5 Å². The van der Waals surface area contributed by atoms with E-state index in [9.17, 15) is 61.0 Å². The van der Waals surface area contributed by atoms with Crippen molar-refractivity contribution in [3.63, 3.8) is 0 Å². The largest absolute Gasteiger partial charge is 0.508 e. The van der Waals surface area contributed by atoms with Gasteiger partial charge in [0.05, 0.1) is 13.2 Å². The predicted octanol–water partition coefficient (Wildman–Crippen LogP) is -2.67. The number of aromatic hydroxyl groups is 4. The van der Waals surface area contributed by atoms with E-state index in [1.165, 1.54) is 6.07 Å². The Bertz CT molecular complexity index is 1570. The Morgan fingerprint density at radius 1 is 0.689 bits per heavy atom. The van der Waals surface area contributed by atoms with Gasteiger partial charge in [-0.3, -0.25) is 4.79 Å². The molecular formula is C28H32O17. The maximum absolute atomic E-state index is 13.5. The van der Waals surface area contributed by atoms with Crippen molar-refractivity contribution in [1.82, 2.24) is 0 Å². The summed E-state index contributed by atoms with van der Waals surface area (Å²) in [6, 6.07) is 5.36. The van der Waals surface area contributed by atoms with Crippen LogP contribution in [0.1, 0.15) is 0 Å². The van der Waals surface area contributed by atoms with E-state index < -0.39 is 115 Å². The quantitative estimate of drug-likeness (QED) is 0.112. The summed E-state index contributed by atoms with van der Waals surface area (Å²) in [5.41, 5.74) is -1.18. The Morgan fingerprint density at radius 2 is 1.33 bits per heavy atom. The summed E-state index contributed by atoms with van der Waals surface area (Å²) in [4.78, 5) is 13.5. The van der Waals surface area contributed by atoms with Crippen LogP contribution in [0.25, 0.3) is 22.3 Å². The van der Waals surface area contributed by atoms with E-state index >= 15 is 0 Å². The highest BCUT2D eigenvalue weighted by Crippen LogP contribution is 2.38. The molecule has 0 saturated carbocycles. The van der Waals surface area contributed by atoms with Crippen molar-refractivity contribution < 1.29 is 79.5 Å². The number of hydrogen-bond acceptors (Lipinski definition) is 17. The van der Waals surface area contributed by atoms with Crippen LogP contribution < -0.4 is 10.2 Å². The second-order valence-electron chi connectivity index (χ2n) is 10.7. The van der Waals surface area contributed by atoms with E-state index in [1.54, 1.807) is 0 Å². The minimum atomic E-state index is -1.83. The summed E-state index contributed by atoms with van der Waals surface area (Å²) in [7, 11) is 0. The number of benzene rings is 2. The average Bonchev–Trinajstić information content (AvgIpc) is 3.00. The molecule has 0 amide bonds. The Labute approximate surface area is 252 Å². The van der Waals surface area contributed by atoms with Gasteiger partial charge in [-0.1, -0.05) is 0 Å². The molecule has 3 heterocycles. The van der Waals surface area contributed by atoms with Gasteiger partial charge >= 0.3 is 0 Å². The van der Waals surface area contributed by atoms with Crippen LogP contribution in [0.2, 0.25) is 0 Å². The molecule has 10 unspecified atom stereocenters. The minimum absolute atomic E-state index is 0.0218. The highest BCUT2D eigenvalue weighted by atomic mass is 16.7. The number of aliphatic hydroxyl groups is 7. The summed E-state index contributed by atoms with van der Waals surface area (Å²) < 4.78 is 27.8. The van der Waals surface area contributed by atoms with Gasteiger partial charge in [-0.2, -0.15) is 0 Å². The third kappa shape index (κ3) is 6.23. The van der Waals surface area contributed by atoms with Gasteiger partial charge in [0.25, 0.3) is 0 Å². The molecule has 17 nitrogen and oxygen atoms in total. The predicted molar refractivity (Wildman–Crippen MR) is 146 cm³/mol. The SMILES string of the molecule is O=c1c(OCC2OC(COC3OC(CO)C(O)C(O)C3O)C(O)C(O)C2O)c(-c2ccc(O)c(O)c2)oc2cc(O)cc(O)c12. The summed E-state index contributed by atoms with van der Waals surface area (Å²) >= 11 is 0. The lowest BCUT2D eigenvalue weighted by molar-refractivity contribution is -0.314. The van der Waals surface area contributed by atoms with Gasteiger partial charge in [-0.05, 0) is 18.2 Å². The number of phenolic OH excluding ortho intramolecular Hbond substituents is 4. The fraction of sp³-hybridized carbons (Fsp3) is 0.464. The molecule has 2 fully saturated rings. The Balaban J connectivity index is 1.40. The van der Waals surface area contributed by atoms with Crippen molar-refractivity contribution in [1.29, 1.82) is 0 Å². The summed E-state index contributed by atoms with van der Waals surface area (Å²) in [5, 5.41) is 111. The van der Waals surface area contributed by atoms with E-state index in [1.807, 2.05) is 0 Å². The molecule has 5 rings (SSSR count). The minimum Gasteiger partial charge on any atom is -0.508 e. The molecular weight excluding hydrogens is 608 g/mol. The van der Waals surface area contributed by atoms with Crippen molar-refractivity contribution in [2.24, 2.45) is 0 Å². The molecule has 45 heavy (non-hydrogen) atoms. The molecule has 2 aromatic carbocycles. The number of aliphatic hydroxyl groups excluding tert-OH is 7. The Hall–Kier alpha value is -3.75. The van der Waals surface area contributed by atoms with Crippen molar-refractivity contribution >= 4 is 11.0 Å². The van der Waals surface area contributed by atoms with Crippen molar-refractivity contribution in [2.75, 3.05) is 19.8 Å². The first-order chi connectivity index (χ1) is 21.3. The monoisotopic (exact) mass is 640 g/mol. The molecule has 0 spiro atoms. The zero-order valence-corrected chi connectivity index (χ0v) is 23.2. The molecule has 246 valence electrons. The molecule has 17 heteroatoms. The smallest absolute Gasteiger partial charge is 0.239 e. The third-order valence-corrected chi connectivity index (χ3v) is 7.63. The fourth-order valence-electron chi connectivity index (χ4n) is 5.12. The molecule has 10 atom stereocenters. The van der Waals surface area contributed by atoms with Crippen LogP contribution in [-0.2, 0) is 14.2 Å². The van der Waals surface area contributed by atoms with E-state index in [2.05, 4.69) is 0 Å². The van der Waals surface area contributed by atoms with Gasteiger partial charge in [0, 0.05) is 17.7 Å². The molecule has 2 saturated heterocycles. The molecule has 0 aliphatic carbocycles. The molecule has 3 aromatic rings. The highest BCUT2D eigenvalue weighted by molar-refractivity contribution is 5.88. The van der Waals surface area contributed by atoms with Crippen molar-refractivity contribution in [2.45, 2.75) is 61.2 Å². The molecule has 1 aromatic heterocycles. The first kappa shape index (κ1) is 32.6. The van der Waals surface area contributed by atoms with Gasteiger partial charge in [-0.15, -0.1) is 0 Å². The highest BCUT2D eigenvalue weighted by Gasteiger charge is 2.47. The third-order valence-electron chi connectivity index (χ3n) is 7.63. The molecule has 2 aliphatic rings. The van der Waals surface area contributed by atoms with E-state index in [4.69, 9.17) is 23.4 Å². The number of hydrogen-bond donors (Lipinski definition) is 11. The molecule has 11 N–H and O–H groups in total. The van der Waals surface area contributed by atoms with Gasteiger partial charge in [0.1, 0.15) is 84.0 Å². The maximum Gasteiger partial charge on any atom is 0.239 e. The van der Waals surface area contributed by atoms with Crippen LogP contribution >= 0.6 is 0 Å². The molecule has 0 bridgehead atoms. The second-order valence-corrected chi connectivity index (χ2v) is 10.7. The summed E-state index contributed by atoms with van der Waals surface area (Å²) in [5.74, 6) is -3.02. The summed E-state index contributed by atoms with van der Waals surface area (Å²) in [6.07, 6.45) is -16.2. The van der Waals surface area contributed by atoms with E-state index in [0.717, 1.165) is 24.3 Å². The van der Waals surface area contributed by atoms with Crippen LogP contribution in [0, 0.1) is 0 Å². The molecule has 0 radical (unpaired) electrons. The number of fused-ring (bicyclic) bond motifs is 1. The van der Waals surface area contributed by atoms with Crippen molar-refractivity contribution in [3.05, 3.63) is 40.6 Å². The lowest BCUT2D eigenvalue weighted by Gasteiger charge is -2.42. The van der Waals surface area contributed by atoms with Crippen LogP contribution in [0.4, 0.5) is 0 Å². The standard InChI is InChI=1S/C28H32O17/c29-6-15-19(34)24(39)25(40)28(45-15)42-8-17-21(36)23(38)20(35)16(43-17)7-41-27-22(37)18-13(33)4-10(30)5-14(18)44-26(27)9-1-2-11(31)12(32)3-9/h1-5,15-17,19-21,23-25,28-36,38-40H,6-8H2. The first-order valence-corrected chi connectivity index (χ1v) is 13.6. The van der Waals surface area contributed by atoms with E-state index in [0.29, 0.717) is 0 Å². The Kier molecular flexibility index (Phi) is 9.38.